The summed E-state index contributed by atoms with van der Waals surface area (Å²) in [5.74, 6) is -2.22. The maximum Gasteiger partial charge on any atom is 0.407 e. The van der Waals surface area contributed by atoms with Gasteiger partial charge >= 0.3 is 12.1 Å². The molecule has 23 heavy (non-hydrogen) atoms. The lowest BCUT2D eigenvalue weighted by Crippen LogP contribution is -2.44. The number of carbonyl (C=O) groups excluding carboxylic acids is 3. The molecule has 0 fully saturated rings. The summed E-state index contributed by atoms with van der Waals surface area (Å²) in [5, 5.41) is 15.6. The first-order chi connectivity index (χ1) is 10.5. The number of hydrogen-bond donors (Lipinski definition) is 4. The number of rotatable bonds is 8. The maximum atomic E-state index is 11.5. The van der Waals surface area contributed by atoms with Crippen LogP contribution in [0, 0.1) is 5.41 Å². The first-order valence-corrected chi connectivity index (χ1v) is 7.21. The van der Waals surface area contributed by atoms with Gasteiger partial charge in [0.25, 0.3) is 0 Å². The second-order valence-electron chi connectivity index (χ2n) is 6.22. The topological polar surface area (TPSA) is 134 Å². The molecule has 0 aromatic carbocycles. The van der Waals surface area contributed by atoms with Gasteiger partial charge in [0.2, 0.25) is 11.8 Å². The number of alkyl carbamates (subject to hydrolysis) is 1. The second kappa shape index (κ2) is 9.65. The van der Waals surface area contributed by atoms with Gasteiger partial charge in [0.1, 0.15) is 6.04 Å². The monoisotopic (exact) mass is 331 g/mol. The molecular weight excluding hydrogens is 306 g/mol. The smallest absolute Gasteiger partial charge is 0.407 e. The second-order valence-corrected chi connectivity index (χ2v) is 6.22. The predicted molar refractivity (Wildman–Crippen MR) is 81.7 cm³/mol. The number of nitrogens with one attached hydrogen (secondary N) is 3. The van der Waals surface area contributed by atoms with E-state index in [9.17, 15) is 19.2 Å². The van der Waals surface area contributed by atoms with Crippen molar-refractivity contribution in [3.05, 3.63) is 0 Å². The number of carboxylic acid groups (broad SMARTS) is 1. The van der Waals surface area contributed by atoms with Crippen LogP contribution in [-0.4, -0.2) is 54.7 Å². The van der Waals surface area contributed by atoms with Crippen molar-refractivity contribution in [3.63, 3.8) is 0 Å². The number of amides is 3. The van der Waals surface area contributed by atoms with Crippen molar-refractivity contribution in [2.45, 2.75) is 40.2 Å². The Bertz CT molecular complexity index is 444. The lowest BCUT2D eigenvalue weighted by atomic mass is 9.99. The standard InChI is InChI=1S/C14H25N3O6/c1-9(12(20)21)17-11(19)7-16-10(18)5-6-15-13(22)23-8-14(2,3)4/h9H,5-8H2,1-4H3,(H,15,22)(H,16,18)(H,17,19)(H,20,21). The lowest BCUT2D eigenvalue weighted by Gasteiger charge is -2.17. The predicted octanol–water partition coefficient (Wildman–Crippen LogP) is -0.146. The lowest BCUT2D eigenvalue weighted by molar-refractivity contribution is -0.141. The van der Waals surface area contributed by atoms with Crippen LogP contribution in [0.2, 0.25) is 0 Å². The van der Waals surface area contributed by atoms with Crippen molar-refractivity contribution in [1.29, 1.82) is 0 Å². The van der Waals surface area contributed by atoms with Gasteiger partial charge in [0.15, 0.2) is 0 Å². The highest BCUT2D eigenvalue weighted by Crippen LogP contribution is 2.12. The Hall–Kier alpha value is -2.32. The molecule has 9 nitrogen and oxygen atoms in total. The summed E-state index contributed by atoms with van der Waals surface area (Å²) in [6, 6.07) is -1.03. The molecule has 0 spiro atoms. The molecule has 4 N–H and O–H groups in total. The number of carboxylic acids is 1. The molecule has 132 valence electrons. The van der Waals surface area contributed by atoms with E-state index in [1.807, 2.05) is 20.8 Å². The number of hydrogen-bond acceptors (Lipinski definition) is 5. The van der Waals surface area contributed by atoms with Gasteiger partial charge in [-0.3, -0.25) is 14.4 Å². The minimum atomic E-state index is -1.16. The molecule has 0 aliphatic heterocycles. The van der Waals surface area contributed by atoms with E-state index in [0.29, 0.717) is 0 Å². The molecule has 0 aliphatic carbocycles. The Morgan fingerprint density at radius 1 is 1.09 bits per heavy atom. The van der Waals surface area contributed by atoms with E-state index in [2.05, 4.69) is 16.0 Å². The van der Waals surface area contributed by atoms with Crippen LogP contribution in [0.15, 0.2) is 0 Å². The normalized spacial score (nSPS) is 12.0. The van der Waals surface area contributed by atoms with Gasteiger partial charge in [-0.05, 0) is 12.3 Å². The number of carbonyl (C=O) groups is 4. The highest BCUT2D eigenvalue weighted by Gasteiger charge is 2.15. The molecule has 0 radical (unpaired) electrons. The third-order valence-corrected chi connectivity index (χ3v) is 2.45. The Labute approximate surface area is 135 Å². The zero-order valence-electron chi connectivity index (χ0n) is 13.9. The molecule has 9 heteroatoms. The zero-order valence-corrected chi connectivity index (χ0v) is 13.9. The first kappa shape index (κ1) is 20.7. The van der Waals surface area contributed by atoms with Crippen LogP contribution in [0.25, 0.3) is 0 Å². The summed E-state index contributed by atoms with van der Waals surface area (Å²) in [6.07, 6.45) is -0.632. The van der Waals surface area contributed by atoms with Crippen molar-refractivity contribution in [1.82, 2.24) is 16.0 Å². The fourth-order valence-corrected chi connectivity index (χ4v) is 1.23. The summed E-state index contributed by atoms with van der Waals surface area (Å²) >= 11 is 0. The summed E-state index contributed by atoms with van der Waals surface area (Å²) in [6.45, 7) is 7.08. The Morgan fingerprint density at radius 2 is 1.70 bits per heavy atom. The van der Waals surface area contributed by atoms with Gasteiger partial charge < -0.3 is 25.8 Å². The van der Waals surface area contributed by atoms with Crippen LogP contribution in [0.5, 0.6) is 0 Å². The van der Waals surface area contributed by atoms with Crippen molar-refractivity contribution in [2.24, 2.45) is 5.41 Å². The largest absolute Gasteiger partial charge is 0.480 e. The fraction of sp³-hybridized carbons (Fsp3) is 0.714. The Morgan fingerprint density at radius 3 is 2.22 bits per heavy atom. The van der Waals surface area contributed by atoms with Gasteiger partial charge in [0, 0.05) is 13.0 Å². The van der Waals surface area contributed by atoms with E-state index in [0.717, 1.165) is 0 Å². The fourth-order valence-electron chi connectivity index (χ4n) is 1.23. The van der Waals surface area contributed by atoms with E-state index in [1.54, 1.807) is 0 Å². The molecule has 1 unspecified atom stereocenters. The molecule has 0 heterocycles. The van der Waals surface area contributed by atoms with Crippen LogP contribution in [0.1, 0.15) is 34.1 Å². The van der Waals surface area contributed by atoms with Crippen molar-refractivity contribution in [2.75, 3.05) is 19.7 Å². The molecule has 0 bridgehead atoms. The van der Waals surface area contributed by atoms with Crippen LogP contribution in [0.3, 0.4) is 0 Å². The van der Waals surface area contributed by atoms with Crippen molar-refractivity contribution in [3.8, 4) is 0 Å². The third kappa shape index (κ3) is 12.0. The minimum absolute atomic E-state index is 0.0214. The van der Waals surface area contributed by atoms with Gasteiger partial charge in [-0.15, -0.1) is 0 Å². The Kier molecular flexibility index (Phi) is 8.67. The van der Waals surface area contributed by atoms with Crippen molar-refractivity contribution >= 4 is 23.9 Å². The van der Waals surface area contributed by atoms with E-state index < -0.39 is 29.9 Å². The summed E-state index contributed by atoms with van der Waals surface area (Å²) in [7, 11) is 0. The average Bonchev–Trinajstić information content (AvgIpc) is 2.42. The van der Waals surface area contributed by atoms with Crippen LogP contribution in [0.4, 0.5) is 4.79 Å². The Balaban J connectivity index is 3.81. The highest BCUT2D eigenvalue weighted by molar-refractivity contribution is 5.87. The molecule has 0 rings (SSSR count). The maximum absolute atomic E-state index is 11.5. The molecule has 1 atom stereocenters. The third-order valence-electron chi connectivity index (χ3n) is 2.45. The van der Waals surface area contributed by atoms with Gasteiger partial charge in [-0.2, -0.15) is 0 Å². The molecule has 0 aliphatic rings. The average molecular weight is 331 g/mol. The van der Waals surface area contributed by atoms with Crippen LogP contribution in [-0.2, 0) is 19.1 Å². The van der Waals surface area contributed by atoms with Gasteiger partial charge in [-0.1, -0.05) is 20.8 Å². The van der Waals surface area contributed by atoms with Crippen LogP contribution >= 0.6 is 0 Å². The number of aliphatic carboxylic acids is 1. The van der Waals surface area contributed by atoms with Gasteiger partial charge in [-0.25, -0.2) is 4.79 Å². The first-order valence-electron chi connectivity index (χ1n) is 7.21. The highest BCUT2D eigenvalue weighted by atomic mass is 16.5. The molecule has 0 aromatic heterocycles. The minimum Gasteiger partial charge on any atom is -0.480 e. The van der Waals surface area contributed by atoms with E-state index in [1.165, 1.54) is 6.92 Å². The summed E-state index contributed by atoms with van der Waals surface area (Å²) < 4.78 is 4.95. The molecule has 3 amide bonds. The van der Waals surface area contributed by atoms with E-state index in [4.69, 9.17) is 9.84 Å². The molecule has 0 saturated heterocycles. The molecule has 0 aromatic rings. The quantitative estimate of drug-likeness (QED) is 0.489. The zero-order chi connectivity index (χ0) is 18.0. The van der Waals surface area contributed by atoms with Crippen LogP contribution < -0.4 is 16.0 Å². The SMILES string of the molecule is CC(NC(=O)CNC(=O)CCNC(=O)OCC(C)(C)C)C(=O)O. The summed E-state index contributed by atoms with van der Waals surface area (Å²) in [5.41, 5.74) is -0.144. The summed E-state index contributed by atoms with van der Waals surface area (Å²) in [4.78, 5) is 44.7. The van der Waals surface area contributed by atoms with Crippen molar-refractivity contribution < 1.29 is 29.0 Å². The molecule has 0 saturated carbocycles. The number of ether oxygens (including phenoxy) is 1. The van der Waals surface area contributed by atoms with Gasteiger partial charge in [0.05, 0.1) is 13.2 Å². The van der Waals surface area contributed by atoms with E-state index >= 15 is 0 Å². The van der Waals surface area contributed by atoms with E-state index in [-0.39, 0.29) is 31.5 Å². The molecular formula is C14H25N3O6.